The maximum absolute atomic E-state index is 12.8. The maximum atomic E-state index is 12.8. The van der Waals surface area contributed by atoms with E-state index in [1.54, 1.807) is 42.6 Å². The predicted molar refractivity (Wildman–Crippen MR) is 99.3 cm³/mol. The molecule has 3 aromatic rings. The smallest absolute Gasteiger partial charge is 0.241 e. The number of fused-ring (bicyclic) bond motifs is 1. The second kappa shape index (κ2) is 6.11. The zero-order chi connectivity index (χ0) is 15.9. The first kappa shape index (κ1) is 16.2. The lowest BCUT2D eigenvalue weighted by atomic mass is 10.2. The van der Waals surface area contributed by atoms with Gasteiger partial charge in [0.25, 0.3) is 10.0 Å². The normalized spacial score (nSPS) is 12.2. The van der Waals surface area contributed by atoms with Crippen molar-refractivity contribution in [1.29, 1.82) is 0 Å². The Balaban J connectivity index is 2.24. The van der Waals surface area contributed by atoms with Crippen molar-refractivity contribution in [3.8, 4) is 0 Å². The number of alkyl halides is 2. The number of benzene rings is 2. The summed E-state index contributed by atoms with van der Waals surface area (Å²) in [5.74, 6) is 0. The fourth-order valence-electron chi connectivity index (χ4n) is 2.26. The summed E-state index contributed by atoms with van der Waals surface area (Å²) in [5.41, 5.74) is 1.64. The number of nitrogens with zero attached hydrogens (tertiary/aromatic N) is 1. The summed E-state index contributed by atoms with van der Waals surface area (Å²) in [4.78, 5) is 0.270. The van der Waals surface area contributed by atoms with E-state index in [-0.39, 0.29) is 8.63 Å². The quantitative estimate of drug-likeness (QED) is 0.443. The van der Waals surface area contributed by atoms with Crippen molar-refractivity contribution in [1.82, 2.24) is 3.97 Å². The van der Waals surface area contributed by atoms with E-state index >= 15 is 0 Å². The molecule has 0 atom stereocenters. The number of rotatable bonds is 3. The van der Waals surface area contributed by atoms with Gasteiger partial charge in [-0.2, -0.15) is 0 Å². The molecule has 0 N–H and O–H groups in total. The number of hydrogen-bond donors (Lipinski definition) is 0. The summed E-state index contributed by atoms with van der Waals surface area (Å²) in [6, 6.07) is 13.9. The topological polar surface area (TPSA) is 39.1 Å². The molecule has 0 unspecified atom stereocenters. The number of aromatic nitrogens is 1. The molecule has 1 heterocycles. The molecule has 0 radical (unpaired) electrons. The fraction of sp³-hybridized carbons (Fsp3) is 0.0667. The van der Waals surface area contributed by atoms with E-state index in [0.29, 0.717) is 5.52 Å². The van der Waals surface area contributed by atoms with Crippen molar-refractivity contribution in [2.45, 2.75) is 8.63 Å². The van der Waals surface area contributed by atoms with Crippen LogP contribution in [0.2, 0.25) is 0 Å². The average Bonchev–Trinajstić information content (AvgIpc) is 2.93. The Hall–Kier alpha value is -0.630. The van der Waals surface area contributed by atoms with Crippen molar-refractivity contribution >= 4 is 68.7 Å². The van der Waals surface area contributed by atoms with Gasteiger partial charge in [0.1, 0.15) is 0 Å². The minimum absolute atomic E-state index is 0.00662. The molecule has 3 rings (SSSR count). The van der Waals surface area contributed by atoms with Crippen LogP contribution in [0.3, 0.4) is 0 Å². The van der Waals surface area contributed by atoms with Gasteiger partial charge in [-0.05, 0) is 45.8 Å². The van der Waals surface area contributed by atoms with Gasteiger partial charge in [0, 0.05) is 16.1 Å². The van der Waals surface area contributed by atoms with Gasteiger partial charge in [-0.15, -0.1) is 0 Å². The molecule has 0 aliphatic rings. The largest absolute Gasteiger partial charge is 0.268 e. The molecule has 0 bridgehead atoms. The second-order valence-corrected chi connectivity index (χ2v) is 10.3. The first-order valence-electron chi connectivity index (χ1n) is 6.31. The molecule has 0 amide bonds. The van der Waals surface area contributed by atoms with E-state index in [0.717, 1.165) is 15.4 Å². The average molecular weight is 508 g/mol. The van der Waals surface area contributed by atoms with Gasteiger partial charge >= 0.3 is 0 Å². The van der Waals surface area contributed by atoms with Crippen LogP contribution < -0.4 is 0 Å². The molecule has 1 aromatic heterocycles. The Bertz CT molecular complexity index is 934. The second-order valence-electron chi connectivity index (χ2n) is 4.63. The van der Waals surface area contributed by atoms with Gasteiger partial charge in [0.2, 0.25) is 0 Å². The molecular formula is C15H10Br3NO2S. The van der Waals surface area contributed by atoms with Crippen LogP contribution in [-0.2, 0) is 10.0 Å². The van der Waals surface area contributed by atoms with Crippen LogP contribution in [0.4, 0.5) is 0 Å². The molecule has 22 heavy (non-hydrogen) atoms. The van der Waals surface area contributed by atoms with Crippen molar-refractivity contribution in [3.05, 3.63) is 64.8 Å². The Morgan fingerprint density at radius 3 is 2.27 bits per heavy atom. The van der Waals surface area contributed by atoms with Crippen LogP contribution in [0.15, 0.2) is 64.1 Å². The SMILES string of the molecule is O=S(=O)(c1ccccc1)n1ccc2c(Br)c(C(Br)Br)ccc21. The van der Waals surface area contributed by atoms with E-state index in [1.807, 2.05) is 12.1 Å². The van der Waals surface area contributed by atoms with E-state index < -0.39 is 10.0 Å². The molecule has 0 saturated carbocycles. The van der Waals surface area contributed by atoms with Crippen LogP contribution in [0.1, 0.15) is 9.30 Å². The van der Waals surface area contributed by atoms with E-state index in [1.165, 1.54) is 3.97 Å². The lowest BCUT2D eigenvalue weighted by Crippen LogP contribution is -2.11. The standard InChI is InChI=1S/C15H10Br3NO2S/c16-14-11-8-9-19(13(11)7-6-12(14)15(17)18)22(20,21)10-4-2-1-3-5-10/h1-9,15H. The van der Waals surface area contributed by atoms with Gasteiger partial charge < -0.3 is 0 Å². The van der Waals surface area contributed by atoms with Gasteiger partial charge in [0.05, 0.1) is 14.1 Å². The summed E-state index contributed by atoms with van der Waals surface area (Å²) < 4.78 is 27.7. The Kier molecular flexibility index (Phi) is 4.51. The summed E-state index contributed by atoms with van der Waals surface area (Å²) in [5, 5.41) is 0.848. The molecule has 3 nitrogen and oxygen atoms in total. The molecule has 2 aromatic carbocycles. The van der Waals surface area contributed by atoms with Crippen LogP contribution in [0, 0.1) is 0 Å². The van der Waals surface area contributed by atoms with E-state index in [2.05, 4.69) is 47.8 Å². The highest BCUT2D eigenvalue weighted by atomic mass is 79.9. The predicted octanol–water partition coefficient (Wildman–Crippen LogP) is 5.43. The zero-order valence-corrected chi connectivity index (χ0v) is 16.7. The fourth-order valence-corrected chi connectivity index (χ4v) is 5.70. The Morgan fingerprint density at radius 2 is 1.64 bits per heavy atom. The monoisotopic (exact) mass is 505 g/mol. The lowest BCUT2D eigenvalue weighted by Gasteiger charge is -2.10. The molecule has 0 aliphatic heterocycles. The van der Waals surface area contributed by atoms with Crippen molar-refractivity contribution in [3.63, 3.8) is 0 Å². The Labute approximate surface area is 153 Å². The van der Waals surface area contributed by atoms with E-state index in [9.17, 15) is 8.42 Å². The number of halogens is 3. The van der Waals surface area contributed by atoms with Crippen molar-refractivity contribution in [2.75, 3.05) is 0 Å². The molecule has 0 fully saturated rings. The molecule has 7 heteroatoms. The maximum Gasteiger partial charge on any atom is 0.268 e. The van der Waals surface area contributed by atoms with Gasteiger partial charge in [-0.25, -0.2) is 12.4 Å². The minimum Gasteiger partial charge on any atom is -0.241 e. The van der Waals surface area contributed by atoms with Gasteiger partial charge in [-0.3, -0.25) is 0 Å². The third-order valence-electron chi connectivity index (χ3n) is 3.34. The van der Waals surface area contributed by atoms with Crippen molar-refractivity contribution < 1.29 is 8.42 Å². The third kappa shape index (κ3) is 2.68. The summed E-state index contributed by atoms with van der Waals surface area (Å²) in [7, 11) is -3.60. The Morgan fingerprint density at radius 1 is 0.955 bits per heavy atom. The van der Waals surface area contributed by atoms with Gasteiger partial charge in [-0.1, -0.05) is 56.1 Å². The molecule has 114 valence electrons. The highest BCUT2D eigenvalue weighted by Crippen LogP contribution is 2.39. The minimum atomic E-state index is -3.60. The number of hydrogen-bond acceptors (Lipinski definition) is 2. The summed E-state index contributed by atoms with van der Waals surface area (Å²) in [6.07, 6.45) is 1.58. The van der Waals surface area contributed by atoms with E-state index in [4.69, 9.17) is 0 Å². The molecule has 0 aliphatic carbocycles. The van der Waals surface area contributed by atoms with Crippen LogP contribution in [0.5, 0.6) is 0 Å². The zero-order valence-electron chi connectivity index (χ0n) is 11.1. The van der Waals surface area contributed by atoms with Crippen molar-refractivity contribution in [2.24, 2.45) is 0 Å². The van der Waals surface area contributed by atoms with Crippen LogP contribution in [0.25, 0.3) is 10.9 Å². The molecule has 0 spiro atoms. The summed E-state index contributed by atoms with van der Waals surface area (Å²) in [6.45, 7) is 0. The van der Waals surface area contributed by atoms with Gasteiger partial charge in [0.15, 0.2) is 0 Å². The highest BCUT2D eigenvalue weighted by Gasteiger charge is 2.20. The molecule has 0 saturated heterocycles. The lowest BCUT2D eigenvalue weighted by molar-refractivity contribution is 0.589. The summed E-state index contributed by atoms with van der Waals surface area (Å²) >= 11 is 10.5. The first-order chi connectivity index (χ1) is 10.4. The van der Waals surface area contributed by atoms with Crippen LogP contribution >= 0.6 is 47.8 Å². The third-order valence-corrected chi connectivity index (χ3v) is 6.91. The first-order valence-corrected chi connectivity index (χ1v) is 10.4. The highest BCUT2D eigenvalue weighted by molar-refractivity contribution is 9.24. The molecular weight excluding hydrogens is 498 g/mol. The van der Waals surface area contributed by atoms with Crippen LogP contribution in [-0.4, -0.2) is 12.4 Å².